The first-order valence-corrected chi connectivity index (χ1v) is 10.9. The zero-order valence-electron chi connectivity index (χ0n) is 18.2. The van der Waals surface area contributed by atoms with Crippen LogP contribution in [0.15, 0.2) is 66.9 Å². The van der Waals surface area contributed by atoms with Gasteiger partial charge in [0.1, 0.15) is 5.82 Å². The summed E-state index contributed by atoms with van der Waals surface area (Å²) in [6, 6.07) is 19.4. The van der Waals surface area contributed by atoms with Crippen LogP contribution in [0.3, 0.4) is 0 Å². The molecule has 0 saturated carbocycles. The monoisotopic (exact) mass is 432 g/mol. The summed E-state index contributed by atoms with van der Waals surface area (Å²) in [5.74, 6) is 0.400. The molecule has 1 aromatic heterocycles. The number of hydrogen-bond acceptors (Lipinski definition) is 5. The van der Waals surface area contributed by atoms with Gasteiger partial charge in [0, 0.05) is 25.7 Å². The maximum atomic E-state index is 12.5. The van der Waals surface area contributed by atoms with E-state index in [1.807, 2.05) is 65.3 Å². The molecule has 0 spiro atoms. The van der Waals surface area contributed by atoms with Crippen molar-refractivity contribution < 1.29 is 14.3 Å². The maximum absolute atomic E-state index is 12.5. The van der Waals surface area contributed by atoms with Crippen LogP contribution in [0.2, 0.25) is 0 Å². The smallest absolute Gasteiger partial charge is 0.337 e. The molecule has 0 atom stereocenters. The van der Waals surface area contributed by atoms with E-state index in [1.54, 1.807) is 6.20 Å². The summed E-state index contributed by atoms with van der Waals surface area (Å²) in [5, 5.41) is 7.50. The van der Waals surface area contributed by atoms with Crippen molar-refractivity contribution in [2.24, 2.45) is 0 Å². The minimum absolute atomic E-state index is 0.0363. The average Bonchev–Trinajstić information content (AvgIpc) is 3.28. The Kier molecular flexibility index (Phi) is 6.97. The van der Waals surface area contributed by atoms with Gasteiger partial charge >= 0.3 is 5.97 Å². The number of carbonyl (C=O) groups is 2. The molecular weight excluding hydrogens is 404 g/mol. The summed E-state index contributed by atoms with van der Waals surface area (Å²) in [7, 11) is 1.39. The third-order valence-electron chi connectivity index (χ3n) is 5.83. The molecule has 1 N–H and O–H groups in total. The number of carbonyl (C=O) groups excluding carboxylic acids is 2. The minimum atomic E-state index is -0.316. The van der Waals surface area contributed by atoms with E-state index in [-0.39, 0.29) is 17.9 Å². The molecule has 4 rings (SSSR count). The Labute approximate surface area is 188 Å². The summed E-state index contributed by atoms with van der Waals surface area (Å²) < 4.78 is 6.70. The predicted molar refractivity (Wildman–Crippen MR) is 122 cm³/mol. The van der Waals surface area contributed by atoms with E-state index in [0.717, 1.165) is 43.9 Å². The van der Waals surface area contributed by atoms with Crippen LogP contribution in [0.1, 0.15) is 40.4 Å². The van der Waals surface area contributed by atoms with E-state index in [1.165, 1.54) is 12.7 Å². The van der Waals surface area contributed by atoms with Gasteiger partial charge in [-0.3, -0.25) is 9.69 Å². The van der Waals surface area contributed by atoms with Gasteiger partial charge in [0.05, 0.1) is 31.3 Å². The fourth-order valence-electron chi connectivity index (χ4n) is 4.12. The van der Waals surface area contributed by atoms with Gasteiger partial charge in [0.25, 0.3) is 0 Å². The first-order valence-electron chi connectivity index (χ1n) is 10.9. The van der Waals surface area contributed by atoms with Gasteiger partial charge < -0.3 is 10.1 Å². The highest BCUT2D eigenvalue weighted by atomic mass is 16.5. The van der Waals surface area contributed by atoms with Crippen molar-refractivity contribution in [2.75, 3.05) is 25.5 Å². The van der Waals surface area contributed by atoms with E-state index in [4.69, 9.17) is 4.74 Å². The Morgan fingerprint density at radius 1 is 1.00 bits per heavy atom. The molecule has 3 aromatic rings. The molecule has 1 fully saturated rings. The fraction of sp³-hybridized carbons (Fsp3) is 0.320. The summed E-state index contributed by atoms with van der Waals surface area (Å²) in [6.45, 7) is 2.73. The summed E-state index contributed by atoms with van der Waals surface area (Å²) in [5.41, 5.74) is 2.73. The molecule has 0 bridgehead atoms. The predicted octanol–water partition coefficient (Wildman–Crippen LogP) is 3.69. The van der Waals surface area contributed by atoms with Crippen molar-refractivity contribution in [3.8, 4) is 0 Å². The normalized spacial score (nSPS) is 14.8. The Balaban J connectivity index is 1.30. The lowest BCUT2D eigenvalue weighted by molar-refractivity contribution is -0.115. The quantitative estimate of drug-likeness (QED) is 0.577. The first kappa shape index (κ1) is 21.8. The first-order chi connectivity index (χ1) is 15.6. The Morgan fingerprint density at radius 3 is 2.41 bits per heavy atom. The summed E-state index contributed by atoms with van der Waals surface area (Å²) >= 11 is 0. The van der Waals surface area contributed by atoms with Crippen LogP contribution in [0, 0.1) is 0 Å². The number of rotatable bonds is 7. The number of likely N-dealkylation sites (tertiary alicyclic amines) is 1. The number of piperidine rings is 1. The van der Waals surface area contributed by atoms with Crippen molar-refractivity contribution in [3.05, 3.63) is 83.6 Å². The van der Waals surface area contributed by atoms with E-state index in [0.29, 0.717) is 12.0 Å². The van der Waals surface area contributed by atoms with Gasteiger partial charge in [-0.25, -0.2) is 9.48 Å². The second kappa shape index (κ2) is 10.2. The SMILES string of the molecule is COC(=O)c1ccc(CN2CCC(n3nccc3NC(=O)Cc3ccccc3)CC2)cc1. The molecule has 1 saturated heterocycles. The average molecular weight is 433 g/mol. The summed E-state index contributed by atoms with van der Waals surface area (Å²) in [4.78, 5) is 26.5. The number of esters is 1. The molecule has 1 amide bonds. The third kappa shape index (κ3) is 5.42. The largest absolute Gasteiger partial charge is 0.465 e. The zero-order valence-corrected chi connectivity index (χ0v) is 18.2. The lowest BCUT2D eigenvalue weighted by Crippen LogP contribution is -2.35. The van der Waals surface area contributed by atoms with Crippen LogP contribution in [0.4, 0.5) is 5.82 Å². The highest BCUT2D eigenvalue weighted by Gasteiger charge is 2.23. The van der Waals surface area contributed by atoms with Crippen LogP contribution < -0.4 is 5.32 Å². The van der Waals surface area contributed by atoms with Crippen LogP contribution in [-0.4, -0.2) is 46.8 Å². The molecule has 7 nitrogen and oxygen atoms in total. The van der Waals surface area contributed by atoms with Gasteiger partial charge in [-0.15, -0.1) is 0 Å². The fourth-order valence-corrected chi connectivity index (χ4v) is 4.12. The molecule has 1 aliphatic heterocycles. The highest BCUT2D eigenvalue weighted by molar-refractivity contribution is 5.91. The van der Waals surface area contributed by atoms with Crippen LogP contribution in [0.5, 0.6) is 0 Å². The molecule has 2 aromatic carbocycles. The van der Waals surface area contributed by atoms with Crippen molar-refractivity contribution in [1.29, 1.82) is 0 Å². The Hall–Kier alpha value is -3.45. The van der Waals surface area contributed by atoms with Gasteiger partial charge in [0.2, 0.25) is 5.91 Å². The van der Waals surface area contributed by atoms with Gasteiger partial charge in [-0.2, -0.15) is 5.10 Å². The number of amides is 1. The lowest BCUT2D eigenvalue weighted by Gasteiger charge is -2.32. The number of benzene rings is 2. The second-order valence-electron chi connectivity index (χ2n) is 8.07. The molecule has 32 heavy (non-hydrogen) atoms. The molecule has 2 heterocycles. The zero-order chi connectivity index (χ0) is 22.3. The Bertz CT molecular complexity index is 1040. The number of ether oxygens (including phenoxy) is 1. The van der Waals surface area contributed by atoms with Crippen LogP contribution in [0.25, 0.3) is 0 Å². The topological polar surface area (TPSA) is 76.5 Å². The summed E-state index contributed by atoms with van der Waals surface area (Å²) in [6.07, 6.45) is 4.01. The molecule has 7 heteroatoms. The second-order valence-corrected chi connectivity index (χ2v) is 8.07. The van der Waals surface area contributed by atoms with Gasteiger partial charge in [0.15, 0.2) is 0 Å². The third-order valence-corrected chi connectivity index (χ3v) is 5.83. The molecule has 1 aliphatic rings. The number of nitrogens with zero attached hydrogens (tertiary/aromatic N) is 3. The number of anilines is 1. The molecule has 0 aliphatic carbocycles. The van der Waals surface area contributed by atoms with E-state index in [9.17, 15) is 9.59 Å². The highest BCUT2D eigenvalue weighted by Crippen LogP contribution is 2.26. The van der Waals surface area contributed by atoms with Crippen molar-refractivity contribution in [2.45, 2.75) is 31.8 Å². The van der Waals surface area contributed by atoms with E-state index in [2.05, 4.69) is 15.3 Å². The van der Waals surface area contributed by atoms with Crippen LogP contribution in [-0.2, 0) is 22.5 Å². The Morgan fingerprint density at radius 2 is 1.72 bits per heavy atom. The van der Waals surface area contributed by atoms with Crippen molar-refractivity contribution in [3.63, 3.8) is 0 Å². The van der Waals surface area contributed by atoms with Crippen molar-refractivity contribution in [1.82, 2.24) is 14.7 Å². The maximum Gasteiger partial charge on any atom is 0.337 e. The number of aromatic nitrogens is 2. The molecule has 166 valence electrons. The molecule has 0 unspecified atom stereocenters. The molecular formula is C25H28N4O3. The minimum Gasteiger partial charge on any atom is -0.465 e. The van der Waals surface area contributed by atoms with Gasteiger partial charge in [-0.1, -0.05) is 42.5 Å². The number of nitrogens with one attached hydrogen (secondary N) is 1. The number of methoxy groups -OCH3 is 1. The lowest BCUT2D eigenvalue weighted by atomic mass is 10.0. The van der Waals surface area contributed by atoms with Crippen LogP contribution >= 0.6 is 0 Å². The van der Waals surface area contributed by atoms with Gasteiger partial charge in [-0.05, 0) is 36.1 Å². The van der Waals surface area contributed by atoms with Crippen molar-refractivity contribution >= 4 is 17.7 Å². The molecule has 0 radical (unpaired) electrons. The van der Waals surface area contributed by atoms with E-state index >= 15 is 0 Å². The van der Waals surface area contributed by atoms with E-state index < -0.39 is 0 Å². The standard InChI is InChI=1S/C25H28N4O3/c1-32-25(31)21-9-7-20(8-10-21)18-28-15-12-22(13-16-28)29-23(11-14-26-29)27-24(30)17-19-5-3-2-4-6-19/h2-11,14,22H,12-13,15-18H2,1H3,(H,27,30). The number of hydrogen-bond donors (Lipinski definition) is 1.